The van der Waals surface area contributed by atoms with Crippen LogP contribution in [0.15, 0.2) is 6.07 Å². The van der Waals surface area contributed by atoms with E-state index in [1.54, 1.807) is 0 Å². The number of aromatic nitrogens is 1. The van der Waals surface area contributed by atoms with Crippen molar-refractivity contribution < 1.29 is 28.0 Å². The summed E-state index contributed by atoms with van der Waals surface area (Å²) in [5.74, 6) is -2.52. The van der Waals surface area contributed by atoms with Gasteiger partial charge in [-0.05, 0) is 9.91 Å². The number of hydrogen-bond acceptors (Lipinski definition) is 6. The predicted octanol–water partition coefficient (Wildman–Crippen LogP) is 1.72. The summed E-state index contributed by atoms with van der Waals surface area (Å²) in [7, 11) is 2.03. The molecule has 0 aliphatic carbocycles. The maximum Gasteiger partial charge on any atom is 0.386 e. The quantitative estimate of drug-likeness (QED) is 0.466. The lowest BCUT2D eigenvalue weighted by atomic mass is 10.2. The van der Waals surface area contributed by atoms with E-state index < -0.39 is 40.1 Å². The molecule has 1 aromatic rings. The van der Waals surface area contributed by atoms with Gasteiger partial charge in [0.05, 0.1) is 19.8 Å². The number of hydrogen-bond donors (Lipinski definition) is 0. The van der Waals surface area contributed by atoms with Crippen molar-refractivity contribution in [3.63, 3.8) is 0 Å². The van der Waals surface area contributed by atoms with Crippen molar-refractivity contribution in [1.82, 2.24) is 4.98 Å². The Morgan fingerprint density at radius 2 is 2.11 bits per heavy atom. The van der Waals surface area contributed by atoms with E-state index in [2.05, 4.69) is 14.5 Å². The molecule has 0 aliphatic rings. The summed E-state index contributed by atoms with van der Waals surface area (Å²) < 4.78 is 34.4. The molecule has 0 unspecified atom stereocenters. The molecule has 7 nitrogen and oxygen atoms in total. The van der Waals surface area contributed by atoms with Gasteiger partial charge in [-0.25, -0.2) is 13.6 Å². The molecule has 0 bridgehead atoms. The second kappa shape index (κ2) is 5.34. The third-order valence-corrected chi connectivity index (χ3v) is 1.99. The number of carbonyl (C=O) groups is 1. The van der Waals surface area contributed by atoms with Crippen molar-refractivity contribution in [2.24, 2.45) is 0 Å². The van der Waals surface area contributed by atoms with E-state index in [1.165, 1.54) is 0 Å². The number of ether oxygens (including phenoxy) is 2. The molecule has 0 radical (unpaired) electrons. The summed E-state index contributed by atoms with van der Waals surface area (Å²) in [6.07, 6.45) is -3.05. The van der Waals surface area contributed by atoms with Gasteiger partial charge in [-0.1, -0.05) is 0 Å². The summed E-state index contributed by atoms with van der Waals surface area (Å²) in [5, 5.41) is 10.5. The van der Waals surface area contributed by atoms with Gasteiger partial charge < -0.3 is 19.6 Å². The molecule has 1 aromatic heterocycles. The highest BCUT2D eigenvalue weighted by molar-refractivity contribution is 5.91. The molecular formula is C9H8F2N2O5. The molecule has 0 spiro atoms. The number of alkyl halides is 2. The third kappa shape index (κ3) is 2.50. The number of esters is 1. The zero-order valence-corrected chi connectivity index (χ0v) is 9.35. The Balaban J connectivity index is 3.55. The first-order valence-corrected chi connectivity index (χ1v) is 4.52. The van der Waals surface area contributed by atoms with E-state index in [9.17, 15) is 23.7 Å². The second-order valence-electron chi connectivity index (χ2n) is 3.00. The predicted molar refractivity (Wildman–Crippen MR) is 53.7 cm³/mol. The minimum absolute atomic E-state index is 0.539. The molecule has 98 valence electrons. The molecule has 0 saturated heterocycles. The fraction of sp³-hybridized carbons (Fsp3) is 0.333. The van der Waals surface area contributed by atoms with Gasteiger partial charge >= 0.3 is 17.5 Å². The Kier molecular flexibility index (Phi) is 4.08. The Labute approximate surface area is 99.5 Å². The minimum Gasteiger partial charge on any atom is -0.491 e. The number of nitrogens with zero attached hydrogens (tertiary/aromatic N) is 2. The Bertz CT molecular complexity index is 492. The van der Waals surface area contributed by atoms with Crippen LogP contribution in [0.2, 0.25) is 0 Å². The average molecular weight is 262 g/mol. The molecule has 0 aliphatic heterocycles. The summed E-state index contributed by atoms with van der Waals surface area (Å²) >= 11 is 0. The van der Waals surface area contributed by atoms with Crippen LogP contribution < -0.4 is 4.74 Å². The van der Waals surface area contributed by atoms with Crippen LogP contribution in [0, 0.1) is 10.1 Å². The number of carbonyl (C=O) groups excluding carboxylic acids is 1. The molecule has 0 saturated carbocycles. The van der Waals surface area contributed by atoms with Crippen LogP contribution in [-0.2, 0) is 4.74 Å². The van der Waals surface area contributed by atoms with Crippen LogP contribution in [0.4, 0.5) is 14.6 Å². The Morgan fingerprint density at radius 3 is 2.50 bits per heavy atom. The number of methoxy groups -OCH3 is 2. The maximum absolute atomic E-state index is 12.7. The van der Waals surface area contributed by atoms with Crippen molar-refractivity contribution in [2.75, 3.05) is 14.2 Å². The van der Waals surface area contributed by atoms with Crippen molar-refractivity contribution in [2.45, 2.75) is 6.43 Å². The molecular weight excluding hydrogens is 254 g/mol. The topological polar surface area (TPSA) is 91.6 Å². The van der Waals surface area contributed by atoms with Crippen LogP contribution in [-0.4, -0.2) is 30.1 Å². The van der Waals surface area contributed by atoms with Gasteiger partial charge in [-0.2, -0.15) is 0 Å². The van der Waals surface area contributed by atoms with Crippen LogP contribution in [0.3, 0.4) is 0 Å². The van der Waals surface area contributed by atoms with Crippen LogP contribution in [0.1, 0.15) is 22.5 Å². The summed E-state index contributed by atoms with van der Waals surface area (Å²) in [6.45, 7) is 0. The van der Waals surface area contributed by atoms with Crippen molar-refractivity contribution >= 4 is 11.8 Å². The number of rotatable bonds is 4. The van der Waals surface area contributed by atoms with E-state index in [-0.39, 0.29) is 0 Å². The lowest BCUT2D eigenvalue weighted by molar-refractivity contribution is -0.389. The fourth-order valence-corrected chi connectivity index (χ4v) is 1.24. The van der Waals surface area contributed by atoms with E-state index in [0.717, 1.165) is 14.2 Å². The van der Waals surface area contributed by atoms with E-state index >= 15 is 0 Å². The van der Waals surface area contributed by atoms with Gasteiger partial charge in [0.2, 0.25) is 0 Å². The molecule has 0 aromatic carbocycles. The molecule has 18 heavy (non-hydrogen) atoms. The van der Waals surface area contributed by atoms with Crippen molar-refractivity contribution in [3.05, 3.63) is 27.4 Å². The summed E-state index contributed by atoms with van der Waals surface area (Å²) in [6, 6.07) is 0.552. The number of halogens is 2. The zero-order chi connectivity index (χ0) is 13.9. The van der Waals surface area contributed by atoms with Crippen LogP contribution in [0.25, 0.3) is 0 Å². The SMILES string of the molecule is COC(=O)c1nc([N+](=O)[O-])cc(C(F)F)c1OC. The van der Waals surface area contributed by atoms with E-state index in [1.807, 2.05) is 0 Å². The molecule has 0 N–H and O–H groups in total. The third-order valence-electron chi connectivity index (χ3n) is 1.99. The van der Waals surface area contributed by atoms with Gasteiger partial charge in [0.1, 0.15) is 0 Å². The highest BCUT2D eigenvalue weighted by Crippen LogP contribution is 2.34. The molecule has 0 atom stereocenters. The first kappa shape index (κ1) is 13.7. The van der Waals surface area contributed by atoms with Gasteiger partial charge in [-0.3, -0.25) is 0 Å². The monoisotopic (exact) mass is 262 g/mol. The Morgan fingerprint density at radius 1 is 1.50 bits per heavy atom. The van der Waals surface area contributed by atoms with Crippen LogP contribution >= 0.6 is 0 Å². The molecule has 0 amide bonds. The molecule has 9 heteroatoms. The standard InChI is InChI=1S/C9H8F2N2O5/c1-17-7-4(8(10)11)3-5(13(15)16)12-6(7)9(14)18-2/h3,8H,1-2H3. The fourth-order valence-electron chi connectivity index (χ4n) is 1.24. The lowest BCUT2D eigenvalue weighted by Crippen LogP contribution is -2.11. The highest BCUT2D eigenvalue weighted by atomic mass is 19.3. The smallest absolute Gasteiger partial charge is 0.386 e. The number of nitro groups is 1. The second-order valence-corrected chi connectivity index (χ2v) is 3.00. The highest BCUT2D eigenvalue weighted by Gasteiger charge is 2.31. The normalized spacial score (nSPS) is 10.3. The largest absolute Gasteiger partial charge is 0.491 e. The first-order chi connectivity index (χ1) is 8.42. The van der Waals surface area contributed by atoms with Crippen LogP contribution in [0.5, 0.6) is 5.75 Å². The minimum atomic E-state index is -3.05. The van der Waals surface area contributed by atoms with Crippen molar-refractivity contribution in [1.29, 1.82) is 0 Å². The molecule has 1 heterocycles. The van der Waals surface area contributed by atoms with Gasteiger partial charge in [0.25, 0.3) is 6.43 Å². The van der Waals surface area contributed by atoms with E-state index in [0.29, 0.717) is 6.07 Å². The van der Waals surface area contributed by atoms with E-state index in [4.69, 9.17) is 0 Å². The number of pyridine rings is 1. The summed E-state index contributed by atoms with van der Waals surface area (Å²) in [5.41, 5.74) is -1.45. The summed E-state index contributed by atoms with van der Waals surface area (Å²) in [4.78, 5) is 24.2. The molecule has 1 rings (SSSR count). The zero-order valence-electron chi connectivity index (χ0n) is 9.35. The van der Waals surface area contributed by atoms with Crippen molar-refractivity contribution in [3.8, 4) is 5.75 Å². The Hall–Kier alpha value is -2.32. The first-order valence-electron chi connectivity index (χ1n) is 4.52. The van der Waals surface area contributed by atoms with Gasteiger partial charge in [0, 0.05) is 6.07 Å². The lowest BCUT2D eigenvalue weighted by Gasteiger charge is -2.08. The van der Waals surface area contributed by atoms with Gasteiger partial charge in [-0.15, -0.1) is 0 Å². The average Bonchev–Trinajstić information content (AvgIpc) is 2.35. The maximum atomic E-state index is 12.7. The molecule has 0 fully saturated rings. The van der Waals surface area contributed by atoms with Gasteiger partial charge in [0.15, 0.2) is 5.75 Å².